The SMILES string of the molecule is CCCCNc1nc(N)nc(N)n1.CCCCNc1nc(N)nc(N)n1. The fourth-order valence-electron chi connectivity index (χ4n) is 1.73. The smallest absolute Gasteiger partial charge is 0.229 e. The van der Waals surface area contributed by atoms with Gasteiger partial charge in [-0.2, -0.15) is 29.9 Å². The quantitative estimate of drug-likeness (QED) is 0.354. The predicted molar refractivity (Wildman–Crippen MR) is 104 cm³/mol. The highest BCUT2D eigenvalue weighted by atomic mass is 15.2. The van der Waals surface area contributed by atoms with Crippen molar-refractivity contribution in [2.45, 2.75) is 39.5 Å². The van der Waals surface area contributed by atoms with Gasteiger partial charge in [-0.1, -0.05) is 26.7 Å². The first-order valence-corrected chi connectivity index (χ1v) is 8.46. The highest BCUT2D eigenvalue weighted by molar-refractivity contribution is 5.37. The van der Waals surface area contributed by atoms with E-state index in [4.69, 9.17) is 22.9 Å². The summed E-state index contributed by atoms with van der Waals surface area (Å²) in [5.41, 5.74) is 21.5. The van der Waals surface area contributed by atoms with Crippen molar-refractivity contribution in [1.29, 1.82) is 0 Å². The summed E-state index contributed by atoms with van der Waals surface area (Å²) in [4.78, 5) is 22.8. The summed E-state index contributed by atoms with van der Waals surface area (Å²) < 4.78 is 0. The van der Waals surface area contributed by atoms with Gasteiger partial charge in [-0.3, -0.25) is 0 Å². The molecule has 0 aromatic carbocycles. The molecule has 12 nitrogen and oxygen atoms in total. The van der Waals surface area contributed by atoms with Crippen molar-refractivity contribution < 1.29 is 0 Å². The fraction of sp³-hybridized carbons (Fsp3) is 0.571. The van der Waals surface area contributed by atoms with Crippen molar-refractivity contribution >= 4 is 35.7 Å². The molecule has 0 amide bonds. The third-order valence-electron chi connectivity index (χ3n) is 2.97. The molecular formula is C14H28N12. The Labute approximate surface area is 152 Å². The molecule has 0 atom stereocenters. The van der Waals surface area contributed by atoms with E-state index in [0.29, 0.717) is 11.9 Å². The normalized spacial score (nSPS) is 9.92. The molecule has 0 bridgehead atoms. The highest BCUT2D eigenvalue weighted by Gasteiger charge is 2.00. The standard InChI is InChI=1S/2C7H14N6/c2*1-2-3-4-10-7-12-5(8)11-6(9)13-7/h2*2-4H2,1H3,(H5,8,9,10,11,12,13). The number of nitrogens with one attached hydrogen (secondary N) is 2. The maximum Gasteiger partial charge on any atom is 0.229 e. The van der Waals surface area contributed by atoms with Crippen molar-refractivity contribution in [2.24, 2.45) is 0 Å². The van der Waals surface area contributed by atoms with Crippen LogP contribution in [0, 0.1) is 0 Å². The maximum atomic E-state index is 5.38. The van der Waals surface area contributed by atoms with Gasteiger partial charge in [-0.15, -0.1) is 0 Å². The van der Waals surface area contributed by atoms with E-state index in [9.17, 15) is 0 Å². The summed E-state index contributed by atoms with van der Waals surface area (Å²) in [7, 11) is 0. The second-order valence-electron chi connectivity index (χ2n) is 5.31. The van der Waals surface area contributed by atoms with Gasteiger partial charge in [-0.05, 0) is 12.8 Å². The van der Waals surface area contributed by atoms with Gasteiger partial charge in [0.15, 0.2) is 0 Å². The average Bonchev–Trinajstić information content (AvgIpc) is 2.54. The van der Waals surface area contributed by atoms with Crippen LogP contribution < -0.4 is 33.6 Å². The Morgan fingerprint density at radius 1 is 0.577 bits per heavy atom. The molecule has 12 heteroatoms. The van der Waals surface area contributed by atoms with Gasteiger partial charge in [0.2, 0.25) is 35.7 Å². The molecule has 144 valence electrons. The summed E-state index contributed by atoms with van der Waals surface area (Å²) in [5.74, 6) is 1.47. The lowest BCUT2D eigenvalue weighted by molar-refractivity contribution is 0.825. The number of rotatable bonds is 8. The van der Waals surface area contributed by atoms with Gasteiger partial charge in [-0.25, -0.2) is 0 Å². The van der Waals surface area contributed by atoms with Gasteiger partial charge in [0.25, 0.3) is 0 Å². The lowest BCUT2D eigenvalue weighted by atomic mass is 10.3. The van der Waals surface area contributed by atoms with E-state index in [1.54, 1.807) is 0 Å². The maximum absolute atomic E-state index is 5.38. The van der Waals surface area contributed by atoms with Crippen LogP contribution in [0.2, 0.25) is 0 Å². The van der Waals surface area contributed by atoms with E-state index >= 15 is 0 Å². The molecule has 2 heterocycles. The minimum Gasteiger partial charge on any atom is -0.368 e. The van der Waals surface area contributed by atoms with Gasteiger partial charge < -0.3 is 33.6 Å². The number of aromatic nitrogens is 6. The lowest BCUT2D eigenvalue weighted by Crippen LogP contribution is -2.10. The molecule has 0 unspecified atom stereocenters. The van der Waals surface area contributed by atoms with Crippen LogP contribution in [0.4, 0.5) is 35.7 Å². The molecular weight excluding hydrogens is 336 g/mol. The van der Waals surface area contributed by atoms with Crippen molar-refractivity contribution in [3.05, 3.63) is 0 Å². The molecule has 2 rings (SSSR count). The number of hydrogen-bond donors (Lipinski definition) is 6. The molecule has 0 aliphatic heterocycles. The number of nitrogens with two attached hydrogens (primary N) is 4. The molecule has 0 aliphatic carbocycles. The van der Waals surface area contributed by atoms with Crippen molar-refractivity contribution in [2.75, 3.05) is 46.7 Å². The summed E-state index contributed by atoms with van der Waals surface area (Å²) in [6.07, 6.45) is 4.35. The second-order valence-corrected chi connectivity index (χ2v) is 5.31. The van der Waals surface area contributed by atoms with Crippen LogP contribution in [0.1, 0.15) is 39.5 Å². The van der Waals surface area contributed by atoms with E-state index in [-0.39, 0.29) is 23.8 Å². The van der Waals surface area contributed by atoms with E-state index in [1.807, 2.05) is 0 Å². The monoisotopic (exact) mass is 364 g/mol. The van der Waals surface area contributed by atoms with Crippen LogP contribution in [-0.4, -0.2) is 43.0 Å². The minimum atomic E-state index is 0.145. The molecule has 0 fully saturated rings. The largest absolute Gasteiger partial charge is 0.368 e. The number of anilines is 6. The Morgan fingerprint density at radius 3 is 1.15 bits per heavy atom. The summed E-state index contributed by atoms with van der Waals surface area (Å²) >= 11 is 0. The highest BCUT2D eigenvalue weighted by Crippen LogP contribution is 2.04. The first-order chi connectivity index (χ1) is 12.4. The third-order valence-corrected chi connectivity index (χ3v) is 2.97. The number of unbranched alkanes of at least 4 members (excludes halogenated alkanes) is 2. The molecule has 2 aromatic rings. The Bertz CT molecular complexity index is 564. The predicted octanol–water partition coefficient (Wildman–Crippen LogP) is 0.496. The number of nitrogen functional groups attached to an aromatic ring is 4. The molecule has 0 saturated heterocycles. The van der Waals surface area contributed by atoms with E-state index in [2.05, 4.69) is 54.4 Å². The lowest BCUT2D eigenvalue weighted by Gasteiger charge is -2.03. The average molecular weight is 364 g/mol. The minimum absolute atomic E-state index is 0.145. The zero-order chi connectivity index (χ0) is 19.4. The van der Waals surface area contributed by atoms with Gasteiger partial charge in [0.1, 0.15) is 0 Å². The van der Waals surface area contributed by atoms with Crippen molar-refractivity contribution in [3.8, 4) is 0 Å². The van der Waals surface area contributed by atoms with Crippen molar-refractivity contribution in [1.82, 2.24) is 29.9 Å². The van der Waals surface area contributed by atoms with E-state index in [1.165, 1.54) is 0 Å². The molecule has 10 N–H and O–H groups in total. The Balaban J connectivity index is 0.000000260. The van der Waals surface area contributed by atoms with Gasteiger partial charge in [0, 0.05) is 13.1 Å². The zero-order valence-corrected chi connectivity index (χ0v) is 15.2. The molecule has 0 radical (unpaired) electrons. The molecule has 0 aliphatic rings. The Morgan fingerprint density at radius 2 is 0.885 bits per heavy atom. The second kappa shape index (κ2) is 11.4. The number of hydrogen-bond acceptors (Lipinski definition) is 12. The van der Waals surface area contributed by atoms with Crippen LogP contribution in [0.25, 0.3) is 0 Å². The molecule has 2 aromatic heterocycles. The first-order valence-electron chi connectivity index (χ1n) is 8.46. The summed E-state index contributed by atoms with van der Waals surface area (Å²) in [5, 5.41) is 6.01. The van der Waals surface area contributed by atoms with Gasteiger partial charge in [0.05, 0.1) is 0 Å². The van der Waals surface area contributed by atoms with Gasteiger partial charge >= 0.3 is 0 Å². The van der Waals surface area contributed by atoms with E-state index in [0.717, 1.165) is 38.8 Å². The van der Waals surface area contributed by atoms with Crippen LogP contribution in [0.3, 0.4) is 0 Å². The summed E-state index contributed by atoms with van der Waals surface area (Å²) in [6, 6.07) is 0. The van der Waals surface area contributed by atoms with Crippen LogP contribution >= 0.6 is 0 Å². The molecule has 26 heavy (non-hydrogen) atoms. The Kier molecular flexibility index (Phi) is 9.14. The van der Waals surface area contributed by atoms with E-state index < -0.39 is 0 Å². The topological polar surface area (TPSA) is 205 Å². The fourth-order valence-corrected chi connectivity index (χ4v) is 1.73. The first kappa shape index (κ1) is 20.9. The molecule has 0 saturated carbocycles. The van der Waals surface area contributed by atoms with Crippen LogP contribution in [-0.2, 0) is 0 Å². The molecule has 0 spiro atoms. The van der Waals surface area contributed by atoms with Crippen LogP contribution in [0.5, 0.6) is 0 Å². The summed E-state index contributed by atoms with van der Waals surface area (Å²) in [6.45, 7) is 5.86. The van der Waals surface area contributed by atoms with Crippen molar-refractivity contribution in [3.63, 3.8) is 0 Å². The number of nitrogens with zero attached hydrogens (tertiary/aromatic N) is 6. The third kappa shape index (κ3) is 8.61. The van der Waals surface area contributed by atoms with Crippen LogP contribution in [0.15, 0.2) is 0 Å². The Hall–Kier alpha value is -3.18. The zero-order valence-electron chi connectivity index (χ0n) is 15.2.